The van der Waals surface area contributed by atoms with Crippen LogP contribution in [-0.2, 0) is 6.54 Å². The van der Waals surface area contributed by atoms with E-state index in [-0.39, 0.29) is 11.7 Å². The molecule has 0 aliphatic rings. The molecule has 0 radical (unpaired) electrons. The third kappa shape index (κ3) is 3.80. The summed E-state index contributed by atoms with van der Waals surface area (Å²) in [6, 6.07) is 9.69. The number of rotatable bonds is 8. The van der Waals surface area contributed by atoms with E-state index >= 15 is 0 Å². The number of nitrogens with one attached hydrogen (secondary N) is 1. The SMILES string of the molecule is COc1ccc(CNc2nc(-c3ccc([N+](=O)[O-])cc3)no2)c(OC)c1OC. The van der Waals surface area contributed by atoms with Gasteiger partial charge in [0.25, 0.3) is 5.69 Å². The maximum atomic E-state index is 10.7. The van der Waals surface area contributed by atoms with Gasteiger partial charge in [-0.25, -0.2) is 0 Å². The molecule has 146 valence electrons. The van der Waals surface area contributed by atoms with Crippen LogP contribution in [0.3, 0.4) is 0 Å². The molecule has 1 heterocycles. The quantitative estimate of drug-likeness (QED) is 0.459. The molecule has 0 saturated heterocycles. The van der Waals surface area contributed by atoms with Crippen LogP contribution in [0.2, 0.25) is 0 Å². The number of anilines is 1. The molecule has 10 nitrogen and oxygen atoms in total. The zero-order valence-corrected chi connectivity index (χ0v) is 15.5. The maximum Gasteiger partial charge on any atom is 0.322 e. The van der Waals surface area contributed by atoms with Crippen LogP contribution in [0.1, 0.15) is 5.56 Å². The molecule has 0 aliphatic carbocycles. The molecule has 0 bridgehead atoms. The summed E-state index contributed by atoms with van der Waals surface area (Å²) in [5, 5.41) is 17.6. The number of ether oxygens (including phenoxy) is 3. The number of nitro groups is 1. The Balaban J connectivity index is 1.75. The molecule has 10 heteroatoms. The number of nitro benzene ring substituents is 1. The predicted molar refractivity (Wildman–Crippen MR) is 99.8 cm³/mol. The van der Waals surface area contributed by atoms with Crippen molar-refractivity contribution in [3.05, 3.63) is 52.1 Å². The van der Waals surface area contributed by atoms with Crippen LogP contribution in [0.4, 0.5) is 11.7 Å². The minimum atomic E-state index is -0.469. The minimum absolute atomic E-state index is 0.00820. The summed E-state index contributed by atoms with van der Waals surface area (Å²) in [5.41, 5.74) is 1.40. The third-order valence-corrected chi connectivity index (χ3v) is 3.98. The first kappa shape index (κ1) is 19.0. The zero-order valence-electron chi connectivity index (χ0n) is 15.5. The zero-order chi connectivity index (χ0) is 20.1. The van der Waals surface area contributed by atoms with E-state index in [0.29, 0.717) is 35.2 Å². The Bertz CT molecular complexity index is 971. The van der Waals surface area contributed by atoms with Crippen LogP contribution in [0.25, 0.3) is 11.4 Å². The summed E-state index contributed by atoms with van der Waals surface area (Å²) in [5.74, 6) is 1.89. The molecular weight excluding hydrogens is 368 g/mol. The van der Waals surface area contributed by atoms with Crippen molar-refractivity contribution in [2.45, 2.75) is 6.54 Å². The van der Waals surface area contributed by atoms with Gasteiger partial charge in [0.05, 0.1) is 26.3 Å². The molecule has 2 aromatic carbocycles. The predicted octanol–water partition coefficient (Wildman–Crippen LogP) is 3.28. The first-order valence-corrected chi connectivity index (χ1v) is 8.17. The molecule has 0 atom stereocenters. The Morgan fingerprint density at radius 3 is 2.36 bits per heavy atom. The van der Waals surface area contributed by atoms with E-state index in [1.165, 1.54) is 19.2 Å². The average Bonchev–Trinajstić information content (AvgIpc) is 3.20. The summed E-state index contributed by atoms with van der Waals surface area (Å²) < 4.78 is 21.3. The fourth-order valence-electron chi connectivity index (χ4n) is 2.62. The van der Waals surface area contributed by atoms with Gasteiger partial charge in [-0.05, 0) is 24.3 Å². The second-order valence-corrected chi connectivity index (χ2v) is 5.57. The maximum absolute atomic E-state index is 10.7. The Kier molecular flexibility index (Phi) is 5.58. The number of nitrogens with zero attached hydrogens (tertiary/aromatic N) is 3. The van der Waals surface area contributed by atoms with E-state index in [1.807, 2.05) is 6.07 Å². The third-order valence-electron chi connectivity index (χ3n) is 3.98. The topological polar surface area (TPSA) is 122 Å². The summed E-state index contributed by atoms with van der Waals surface area (Å²) in [6.07, 6.45) is 0. The molecule has 0 aliphatic heterocycles. The molecule has 3 aromatic rings. The molecule has 1 aromatic heterocycles. The summed E-state index contributed by atoms with van der Waals surface area (Å²) >= 11 is 0. The van der Waals surface area contributed by atoms with E-state index in [0.717, 1.165) is 5.56 Å². The molecule has 0 amide bonds. The van der Waals surface area contributed by atoms with E-state index < -0.39 is 4.92 Å². The van der Waals surface area contributed by atoms with Gasteiger partial charge in [0.15, 0.2) is 11.5 Å². The normalized spacial score (nSPS) is 10.4. The van der Waals surface area contributed by atoms with Crippen molar-refractivity contribution in [1.29, 1.82) is 0 Å². The van der Waals surface area contributed by atoms with Crippen LogP contribution in [0.5, 0.6) is 17.2 Å². The van der Waals surface area contributed by atoms with Gasteiger partial charge in [0.2, 0.25) is 11.6 Å². The van der Waals surface area contributed by atoms with Crippen molar-refractivity contribution in [3.63, 3.8) is 0 Å². The molecule has 1 N–H and O–H groups in total. The molecule has 0 spiro atoms. The number of non-ortho nitro benzene ring substituents is 1. The number of hydrogen-bond acceptors (Lipinski definition) is 9. The molecule has 0 unspecified atom stereocenters. The number of aromatic nitrogens is 2. The van der Waals surface area contributed by atoms with Crippen molar-refractivity contribution >= 4 is 11.7 Å². The van der Waals surface area contributed by atoms with E-state index in [2.05, 4.69) is 15.5 Å². The van der Waals surface area contributed by atoms with Crippen molar-refractivity contribution in [2.75, 3.05) is 26.6 Å². The average molecular weight is 386 g/mol. The van der Waals surface area contributed by atoms with Gasteiger partial charge in [-0.15, -0.1) is 0 Å². The van der Waals surface area contributed by atoms with Crippen molar-refractivity contribution in [3.8, 4) is 28.6 Å². The Morgan fingerprint density at radius 1 is 1.04 bits per heavy atom. The summed E-state index contributed by atoms with van der Waals surface area (Å²) in [7, 11) is 4.62. The highest BCUT2D eigenvalue weighted by Crippen LogP contribution is 2.39. The number of methoxy groups -OCH3 is 3. The number of hydrogen-bond donors (Lipinski definition) is 1. The Hall–Kier alpha value is -3.82. The van der Waals surface area contributed by atoms with Crippen LogP contribution in [-0.4, -0.2) is 36.4 Å². The fourth-order valence-corrected chi connectivity index (χ4v) is 2.62. The van der Waals surface area contributed by atoms with Gasteiger partial charge in [-0.1, -0.05) is 5.16 Å². The van der Waals surface area contributed by atoms with Gasteiger partial charge >= 0.3 is 6.01 Å². The monoisotopic (exact) mass is 386 g/mol. The lowest BCUT2D eigenvalue weighted by Crippen LogP contribution is -2.04. The van der Waals surface area contributed by atoms with Crippen molar-refractivity contribution in [1.82, 2.24) is 10.1 Å². The Morgan fingerprint density at radius 2 is 1.75 bits per heavy atom. The lowest BCUT2D eigenvalue weighted by atomic mass is 10.1. The Labute approximate surface area is 160 Å². The molecule has 0 saturated carbocycles. The smallest absolute Gasteiger partial charge is 0.322 e. The van der Waals surface area contributed by atoms with Gasteiger partial charge < -0.3 is 24.1 Å². The number of benzene rings is 2. The van der Waals surface area contributed by atoms with Crippen LogP contribution in [0.15, 0.2) is 40.9 Å². The van der Waals surface area contributed by atoms with Gasteiger partial charge in [0.1, 0.15) is 0 Å². The van der Waals surface area contributed by atoms with Crippen molar-refractivity contribution in [2.24, 2.45) is 0 Å². The highest BCUT2D eigenvalue weighted by Gasteiger charge is 2.17. The van der Waals surface area contributed by atoms with Crippen LogP contribution >= 0.6 is 0 Å². The van der Waals surface area contributed by atoms with E-state index in [9.17, 15) is 10.1 Å². The van der Waals surface area contributed by atoms with Crippen LogP contribution in [0, 0.1) is 10.1 Å². The highest BCUT2D eigenvalue weighted by atomic mass is 16.6. The molecule has 3 rings (SSSR count). The first-order valence-electron chi connectivity index (χ1n) is 8.17. The van der Waals surface area contributed by atoms with E-state index in [4.69, 9.17) is 18.7 Å². The second-order valence-electron chi connectivity index (χ2n) is 5.57. The van der Waals surface area contributed by atoms with Crippen molar-refractivity contribution < 1.29 is 23.7 Å². The van der Waals surface area contributed by atoms with Gasteiger partial charge in [-0.2, -0.15) is 4.98 Å². The first-order chi connectivity index (χ1) is 13.6. The fraction of sp³-hybridized carbons (Fsp3) is 0.222. The minimum Gasteiger partial charge on any atom is -0.493 e. The standard InChI is InChI=1S/C18H18N4O6/c1-25-14-9-6-12(15(26-2)16(14)27-3)10-19-18-20-17(21-28-18)11-4-7-13(8-5-11)22(23)24/h4-9H,10H2,1-3H3,(H,19,20,21). The van der Waals surface area contributed by atoms with E-state index in [1.54, 1.807) is 32.4 Å². The molecular formula is C18H18N4O6. The highest BCUT2D eigenvalue weighted by molar-refractivity contribution is 5.58. The van der Waals surface area contributed by atoms with Gasteiger partial charge in [0, 0.05) is 29.8 Å². The lowest BCUT2D eigenvalue weighted by molar-refractivity contribution is -0.384. The summed E-state index contributed by atoms with van der Waals surface area (Å²) in [6.45, 7) is 0.339. The lowest BCUT2D eigenvalue weighted by Gasteiger charge is -2.15. The second kappa shape index (κ2) is 8.25. The summed E-state index contributed by atoms with van der Waals surface area (Å²) in [4.78, 5) is 14.5. The molecule has 28 heavy (non-hydrogen) atoms. The molecule has 0 fully saturated rings. The van der Waals surface area contributed by atoms with Gasteiger partial charge in [-0.3, -0.25) is 10.1 Å². The largest absolute Gasteiger partial charge is 0.493 e. The van der Waals surface area contributed by atoms with Crippen LogP contribution < -0.4 is 19.5 Å².